The van der Waals surface area contributed by atoms with Gasteiger partial charge in [0.25, 0.3) is 0 Å². The van der Waals surface area contributed by atoms with Crippen molar-refractivity contribution in [1.82, 2.24) is 0 Å². The Morgan fingerprint density at radius 1 is 1.25 bits per heavy atom. The van der Waals surface area contributed by atoms with Crippen molar-refractivity contribution < 1.29 is 19.3 Å². The fourth-order valence-corrected chi connectivity index (χ4v) is 1.66. The molecule has 4 atom stereocenters. The van der Waals surface area contributed by atoms with Gasteiger partial charge in [0, 0.05) is 6.00 Å². The molecule has 1 N–H and O–H groups in total. The molecule has 2 radical (unpaired) electrons. The van der Waals surface area contributed by atoms with Crippen molar-refractivity contribution in [3.8, 4) is 0 Å². The zero-order valence-corrected chi connectivity index (χ0v) is 10.4. The highest BCUT2D eigenvalue weighted by Crippen LogP contribution is 2.23. The van der Waals surface area contributed by atoms with Gasteiger partial charge in [-0.2, -0.15) is 0 Å². The van der Waals surface area contributed by atoms with Crippen LogP contribution in [0.25, 0.3) is 0 Å². The van der Waals surface area contributed by atoms with Gasteiger partial charge in [0.15, 0.2) is 0 Å². The lowest BCUT2D eigenvalue weighted by atomic mass is 9.93. The Bertz CT molecular complexity index is 210. The molecule has 0 amide bonds. The molecule has 16 heavy (non-hydrogen) atoms. The maximum atomic E-state index is 9.97. The van der Waals surface area contributed by atoms with E-state index in [1.54, 1.807) is 0 Å². The first kappa shape index (κ1) is 14.0. The fraction of sp³-hybridized carbons (Fsp3) is 1.00. The van der Waals surface area contributed by atoms with Gasteiger partial charge in [-0.25, -0.2) is 0 Å². The smallest absolute Gasteiger partial charge is 0.112 e. The lowest BCUT2D eigenvalue weighted by Crippen LogP contribution is -2.38. The van der Waals surface area contributed by atoms with Crippen LogP contribution in [0.5, 0.6) is 0 Å². The van der Waals surface area contributed by atoms with E-state index in [4.69, 9.17) is 22.1 Å². The zero-order valence-electron chi connectivity index (χ0n) is 10.4. The summed E-state index contributed by atoms with van der Waals surface area (Å²) in [6.07, 6.45) is -1.48. The molecule has 4 nitrogen and oxygen atoms in total. The van der Waals surface area contributed by atoms with Gasteiger partial charge in [-0.1, -0.05) is 0 Å². The maximum Gasteiger partial charge on any atom is 0.112 e. The second-order valence-electron chi connectivity index (χ2n) is 4.66. The molecule has 1 aliphatic heterocycles. The van der Waals surface area contributed by atoms with Gasteiger partial charge < -0.3 is 19.3 Å². The van der Waals surface area contributed by atoms with Gasteiger partial charge in [0.2, 0.25) is 0 Å². The third-order valence-electron chi connectivity index (χ3n) is 2.40. The summed E-state index contributed by atoms with van der Waals surface area (Å²) >= 11 is 0. The van der Waals surface area contributed by atoms with Crippen molar-refractivity contribution in [2.45, 2.75) is 64.2 Å². The predicted octanol–water partition coefficient (Wildman–Crippen LogP) is 0.459. The molecule has 1 rings (SSSR count). The van der Waals surface area contributed by atoms with Crippen LogP contribution in [0.2, 0.25) is 0 Å². The minimum absolute atomic E-state index is 0.0130. The lowest BCUT2D eigenvalue weighted by molar-refractivity contribution is -0.0629. The third-order valence-corrected chi connectivity index (χ3v) is 2.40. The Kier molecular flexibility index (Phi) is 5.24. The average molecular weight is 228 g/mol. The fourth-order valence-electron chi connectivity index (χ4n) is 1.66. The van der Waals surface area contributed by atoms with E-state index < -0.39 is 24.3 Å². The summed E-state index contributed by atoms with van der Waals surface area (Å²) in [5, 5.41) is 9.97. The SMILES string of the molecule is [B]C1OC(COC(C)C)C(O)C1OC(C)C. The van der Waals surface area contributed by atoms with Gasteiger partial charge in [-0.3, -0.25) is 0 Å². The number of ether oxygens (including phenoxy) is 3. The molecule has 0 spiro atoms. The van der Waals surface area contributed by atoms with Crippen LogP contribution in [0.1, 0.15) is 27.7 Å². The molecular weight excluding hydrogens is 207 g/mol. The first-order valence-electron chi connectivity index (χ1n) is 5.78. The number of rotatable bonds is 5. The molecule has 1 aliphatic rings. The van der Waals surface area contributed by atoms with E-state index in [1.165, 1.54) is 0 Å². The second kappa shape index (κ2) is 6.01. The van der Waals surface area contributed by atoms with Gasteiger partial charge in [0.1, 0.15) is 26.2 Å². The third kappa shape index (κ3) is 3.73. The van der Waals surface area contributed by atoms with E-state index in [-0.39, 0.29) is 12.2 Å². The number of hydrogen-bond acceptors (Lipinski definition) is 4. The monoisotopic (exact) mass is 228 g/mol. The first-order valence-corrected chi connectivity index (χ1v) is 5.78. The van der Waals surface area contributed by atoms with Crippen LogP contribution in [-0.2, 0) is 14.2 Å². The molecule has 0 aromatic heterocycles. The number of hydrogen-bond donors (Lipinski definition) is 1. The van der Waals surface area contributed by atoms with Crippen molar-refractivity contribution in [3.63, 3.8) is 0 Å². The Hall–Kier alpha value is -0.0951. The number of aliphatic hydroxyl groups is 1. The van der Waals surface area contributed by atoms with Crippen molar-refractivity contribution in [2.24, 2.45) is 0 Å². The molecule has 4 unspecified atom stereocenters. The van der Waals surface area contributed by atoms with Crippen molar-refractivity contribution in [2.75, 3.05) is 6.61 Å². The highest BCUT2D eigenvalue weighted by Gasteiger charge is 2.42. The van der Waals surface area contributed by atoms with E-state index >= 15 is 0 Å². The summed E-state index contributed by atoms with van der Waals surface area (Å²) < 4.78 is 16.3. The van der Waals surface area contributed by atoms with Crippen molar-refractivity contribution in [1.29, 1.82) is 0 Å². The van der Waals surface area contributed by atoms with Crippen LogP contribution in [0, 0.1) is 0 Å². The van der Waals surface area contributed by atoms with Crippen LogP contribution in [-0.4, -0.2) is 56.1 Å². The molecule has 0 aliphatic carbocycles. The summed E-state index contributed by atoms with van der Waals surface area (Å²) in [7, 11) is 5.75. The van der Waals surface area contributed by atoms with Crippen LogP contribution < -0.4 is 0 Å². The Morgan fingerprint density at radius 3 is 2.38 bits per heavy atom. The summed E-state index contributed by atoms with van der Waals surface area (Å²) in [5.74, 6) is 0. The summed E-state index contributed by atoms with van der Waals surface area (Å²) in [5.41, 5.74) is 0. The van der Waals surface area contributed by atoms with Crippen LogP contribution >= 0.6 is 0 Å². The molecule has 0 bridgehead atoms. The van der Waals surface area contributed by atoms with Crippen LogP contribution in [0.3, 0.4) is 0 Å². The van der Waals surface area contributed by atoms with E-state index in [9.17, 15) is 5.11 Å². The Morgan fingerprint density at radius 2 is 1.88 bits per heavy atom. The van der Waals surface area contributed by atoms with Crippen LogP contribution in [0.4, 0.5) is 0 Å². The lowest BCUT2D eigenvalue weighted by Gasteiger charge is -2.21. The van der Waals surface area contributed by atoms with E-state index in [0.717, 1.165) is 0 Å². The number of aliphatic hydroxyl groups excluding tert-OH is 1. The van der Waals surface area contributed by atoms with E-state index in [0.29, 0.717) is 6.61 Å². The topological polar surface area (TPSA) is 47.9 Å². The molecule has 5 heteroatoms. The normalized spacial score (nSPS) is 35.2. The van der Waals surface area contributed by atoms with Crippen molar-refractivity contribution in [3.05, 3.63) is 0 Å². The molecule has 1 fully saturated rings. The second-order valence-corrected chi connectivity index (χ2v) is 4.66. The Labute approximate surface area is 98.7 Å². The molecule has 0 aromatic rings. The Balaban J connectivity index is 2.46. The van der Waals surface area contributed by atoms with E-state index in [1.807, 2.05) is 27.7 Å². The molecular formula is C11H21BO4. The summed E-state index contributed by atoms with van der Waals surface area (Å²) in [4.78, 5) is 0. The molecule has 1 saturated heterocycles. The van der Waals surface area contributed by atoms with Crippen LogP contribution in [0.15, 0.2) is 0 Å². The highest BCUT2D eigenvalue weighted by atomic mass is 16.6. The quantitative estimate of drug-likeness (QED) is 0.694. The molecule has 0 saturated carbocycles. The summed E-state index contributed by atoms with van der Waals surface area (Å²) in [6, 6.07) is -0.585. The molecule has 92 valence electrons. The van der Waals surface area contributed by atoms with Gasteiger partial charge in [0.05, 0.1) is 18.8 Å². The minimum atomic E-state index is -0.726. The average Bonchev–Trinajstić information content (AvgIpc) is 2.42. The highest BCUT2D eigenvalue weighted by molar-refractivity contribution is 6.11. The standard InChI is InChI=1S/C11H21BO4/c1-6(2)14-5-8-9(13)10(11(12)16-8)15-7(3)4/h6-11,13H,5H2,1-4H3. The first-order chi connectivity index (χ1) is 7.41. The van der Waals surface area contributed by atoms with Gasteiger partial charge in [-0.05, 0) is 27.7 Å². The maximum absolute atomic E-state index is 9.97. The minimum Gasteiger partial charge on any atom is -0.388 e. The molecule has 0 aromatic carbocycles. The predicted molar refractivity (Wildman–Crippen MR) is 61.5 cm³/mol. The van der Waals surface area contributed by atoms with Gasteiger partial charge in [-0.15, -0.1) is 0 Å². The van der Waals surface area contributed by atoms with E-state index in [2.05, 4.69) is 0 Å². The molecule has 1 heterocycles. The zero-order chi connectivity index (χ0) is 12.3. The largest absolute Gasteiger partial charge is 0.388 e. The van der Waals surface area contributed by atoms with Gasteiger partial charge >= 0.3 is 0 Å². The summed E-state index contributed by atoms with van der Waals surface area (Å²) in [6.45, 7) is 8.01. The van der Waals surface area contributed by atoms with Crippen molar-refractivity contribution >= 4 is 7.85 Å².